The van der Waals surface area contributed by atoms with Crippen LogP contribution in [0.15, 0.2) is 59.5 Å². The zero-order chi connectivity index (χ0) is 18.5. The Hall–Kier alpha value is -3.32. The molecule has 0 spiro atoms. The molecule has 3 aromatic heterocycles. The van der Waals surface area contributed by atoms with E-state index in [2.05, 4.69) is 35.9 Å². The standard InChI is InChI=1S/C20H13BrN4O2/c21-10-4-5-11-14(8-22-15(11)6-10)19(27)20-24-9-16(25-20)13-7-23-18-12(13)2-1-3-17(18)26/h1-9,22-23,26H,(H,24,25). The van der Waals surface area contributed by atoms with E-state index in [-0.39, 0.29) is 17.4 Å². The second kappa shape index (κ2) is 5.85. The Kier molecular flexibility index (Phi) is 3.45. The Labute approximate surface area is 161 Å². The number of phenols is 1. The number of fused-ring (bicyclic) bond motifs is 2. The maximum absolute atomic E-state index is 12.9. The normalized spacial score (nSPS) is 11.4. The molecule has 0 aliphatic carbocycles. The van der Waals surface area contributed by atoms with Gasteiger partial charge in [-0.15, -0.1) is 0 Å². The Morgan fingerprint density at radius 1 is 1.07 bits per heavy atom. The number of carbonyl (C=O) groups excluding carboxylic acids is 1. The minimum absolute atomic E-state index is 0.180. The van der Waals surface area contributed by atoms with Gasteiger partial charge in [-0.1, -0.05) is 34.1 Å². The van der Waals surface area contributed by atoms with Crippen molar-refractivity contribution in [2.24, 2.45) is 0 Å². The van der Waals surface area contributed by atoms with Gasteiger partial charge >= 0.3 is 0 Å². The summed E-state index contributed by atoms with van der Waals surface area (Å²) in [6, 6.07) is 11.0. The average Bonchev–Trinajstić information content (AvgIpc) is 3.38. The number of aromatic nitrogens is 4. The Balaban J connectivity index is 1.56. The molecule has 5 rings (SSSR count). The highest BCUT2D eigenvalue weighted by molar-refractivity contribution is 9.10. The lowest BCUT2D eigenvalue weighted by molar-refractivity contribution is 0.103. The average molecular weight is 421 g/mol. The van der Waals surface area contributed by atoms with E-state index < -0.39 is 0 Å². The van der Waals surface area contributed by atoms with Crippen LogP contribution in [-0.2, 0) is 0 Å². The first-order valence-corrected chi connectivity index (χ1v) is 9.07. The van der Waals surface area contributed by atoms with Crippen molar-refractivity contribution in [3.8, 4) is 17.0 Å². The monoisotopic (exact) mass is 420 g/mol. The zero-order valence-electron chi connectivity index (χ0n) is 13.9. The van der Waals surface area contributed by atoms with Crippen molar-refractivity contribution in [3.05, 3.63) is 70.8 Å². The fourth-order valence-electron chi connectivity index (χ4n) is 3.35. The summed E-state index contributed by atoms with van der Waals surface area (Å²) in [5.41, 5.74) is 3.65. The molecule has 0 radical (unpaired) electrons. The van der Waals surface area contributed by atoms with Gasteiger partial charge in [0.2, 0.25) is 5.78 Å². The van der Waals surface area contributed by atoms with Gasteiger partial charge < -0.3 is 20.1 Å². The number of benzene rings is 2. The second-order valence-corrected chi connectivity index (χ2v) is 7.18. The van der Waals surface area contributed by atoms with Crippen LogP contribution in [0.25, 0.3) is 33.1 Å². The smallest absolute Gasteiger partial charge is 0.230 e. The third-order valence-corrected chi connectivity index (χ3v) is 5.16. The Morgan fingerprint density at radius 2 is 1.96 bits per heavy atom. The number of nitrogens with zero attached hydrogens (tertiary/aromatic N) is 1. The number of halogens is 1. The highest BCUT2D eigenvalue weighted by atomic mass is 79.9. The lowest BCUT2D eigenvalue weighted by atomic mass is 10.1. The number of phenolic OH excluding ortho intramolecular Hbond substituents is 1. The lowest BCUT2D eigenvalue weighted by Crippen LogP contribution is -2.02. The van der Waals surface area contributed by atoms with Crippen LogP contribution in [-0.4, -0.2) is 30.8 Å². The van der Waals surface area contributed by atoms with E-state index in [1.807, 2.05) is 24.3 Å². The number of H-pyrrole nitrogens is 3. The molecular weight excluding hydrogens is 408 g/mol. The predicted molar refractivity (Wildman–Crippen MR) is 107 cm³/mol. The molecule has 3 heterocycles. The maximum atomic E-state index is 12.9. The first-order valence-electron chi connectivity index (χ1n) is 8.27. The predicted octanol–water partition coefficient (Wildman–Crippen LogP) is 4.74. The maximum Gasteiger partial charge on any atom is 0.230 e. The summed E-state index contributed by atoms with van der Waals surface area (Å²) in [4.78, 5) is 26.5. The largest absolute Gasteiger partial charge is 0.506 e. The van der Waals surface area contributed by atoms with Gasteiger partial charge in [-0.3, -0.25) is 4.79 Å². The molecule has 0 amide bonds. The van der Waals surface area contributed by atoms with Crippen molar-refractivity contribution in [1.29, 1.82) is 0 Å². The van der Waals surface area contributed by atoms with Crippen LogP contribution in [0.5, 0.6) is 5.75 Å². The van der Waals surface area contributed by atoms with Gasteiger partial charge in [0.05, 0.1) is 23.0 Å². The first-order chi connectivity index (χ1) is 13.1. The number of hydrogen-bond acceptors (Lipinski definition) is 3. The highest BCUT2D eigenvalue weighted by Crippen LogP contribution is 2.32. The van der Waals surface area contributed by atoms with Crippen LogP contribution in [0.3, 0.4) is 0 Å². The summed E-state index contributed by atoms with van der Waals surface area (Å²) in [7, 11) is 0. The number of aromatic hydroxyl groups is 1. The lowest BCUT2D eigenvalue weighted by Gasteiger charge is -1.98. The van der Waals surface area contributed by atoms with Gasteiger partial charge in [0.25, 0.3) is 0 Å². The van der Waals surface area contributed by atoms with Gasteiger partial charge in [-0.2, -0.15) is 0 Å². The van der Waals surface area contributed by atoms with Gasteiger partial charge in [-0.05, 0) is 18.2 Å². The number of rotatable bonds is 3. The van der Waals surface area contributed by atoms with Crippen LogP contribution in [0.1, 0.15) is 16.2 Å². The SMILES string of the molecule is O=C(c1ncc(-c2c[nH]c3c(O)cccc23)[nH]1)c1c[nH]c2cc(Br)ccc12. The molecule has 6 nitrogen and oxygen atoms in total. The van der Waals surface area contributed by atoms with Crippen LogP contribution in [0.2, 0.25) is 0 Å². The van der Waals surface area contributed by atoms with Crippen LogP contribution in [0, 0.1) is 0 Å². The molecule has 0 atom stereocenters. The van der Waals surface area contributed by atoms with Crippen molar-refractivity contribution in [2.75, 3.05) is 0 Å². The molecule has 0 aliphatic rings. The van der Waals surface area contributed by atoms with Crippen molar-refractivity contribution in [1.82, 2.24) is 19.9 Å². The minimum Gasteiger partial charge on any atom is -0.506 e. The molecule has 2 aromatic carbocycles. The molecule has 0 fully saturated rings. The molecular formula is C20H13BrN4O2. The summed E-state index contributed by atoms with van der Waals surface area (Å²) in [6.07, 6.45) is 5.12. The van der Waals surface area contributed by atoms with Gasteiger partial charge in [0.1, 0.15) is 5.75 Å². The summed E-state index contributed by atoms with van der Waals surface area (Å²) < 4.78 is 0.943. The van der Waals surface area contributed by atoms with Crippen molar-refractivity contribution in [2.45, 2.75) is 0 Å². The molecule has 7 heteroatoms. The first kappa shape index (κ1) is 15.9. The molecule has 5 aromatic rings. The van der Waals surface area contributed by atoms with E-state index in [0.29, 0.717) is 16.8 Å². The number of imidazole rings is 1. The van der Waals surface area contributed by atoms with Gasteiger partial charge in [-0.25, -0.2) is 4.98 Å². The number of ketones is 1. The molecule has 0 saturated carbocycles. The van der Waals surface area contributed by atoms with E-state index in [9.17, 15) is 9.90 Å². The number of para-hydroxylation sites is 1. The van der Waals surface area contributed by atoms with E-state index in [1.165, 1.54) is 0 Å². The number of nitrogens with one attached hydrogen (secondary N) is 3. The minimum atomic E-state index is -0.183. The summed E-state index contributed by atoms with van der Waals surface area (Å²) in [5, 5.41) is 11.7. The Morgan fingerprint density at radius 3 is 2.85 bits per heavy atom. The van der Waals surface area contributed by atoms with Crippen LogP contribution >= 0.6 is 15.9 Å². The Bertz CT molecular complexity index is 1330. The summed E-state index contributed by atoms with van der Waals surface area (Å²) in [6.45, 7) is 0. The van der Waals surface area contributed by atoms with Crippen molar-refractivity contribution >= 4 is 43.5 Å². The van der Waals surface area contributed by atoms with Gasteiger partial charge in [0.15, 0.2) is 5.82 Å². The molecule has 27 heavy (non-hydrogen) atoms. The molecule has 0 saturated heterocycles. The third-order valence-electron chi connectivity index (χ3n) is 4.66. The summed E-state index contributed by atoms with van der Waals surface area (Å²) in [5.74, 6) is 0.264. The summed E-state index contributed by atoms with van der Waals surface area (Å²) >= 11 is 3.43. The highest BCUT2D eigenvalue weighted by Gasteiger charge is 2.19. The van der Waals surface area contributed by atoms with E-state index >= 15 is 0 Å². The topological polar surface area (TPSA) is 97.6 Å². The van der Waals surface area contributed by atoms with Crippen molar-refractivity contribution < 1.29 is 9.90 Å². The fourth-order valence-corrected chi connectivity index (χ4v) is 3.71. The van der Waals surface area contributed by atoms with E-state index in [4.69, 9.17) is 0 Å². The van der Waals surface area contributed by atoms with Crippen molar-refractivity contribution in [3.63, 3.8) is 0 Å². The zero-order valence-corrected chi connectivity index (χ0v) is 15.5. The quantitative estimate of drug-likeness (QED) is 0.317. The van der Waals surface area contributed by atoms with E-state index in [1.54, 1.807) is 30.7 Å². The van der Waals surface area contributed by atoms with E-state index in [0.717, 1.165) is 26.3 Å². The third kappa shape index (κ3) is 2.47. The molecule has 0 unspecified atom stereocenters. The second-order valence-electron chi connectivity index (χ2n) is 6.27. The number of hydrogen-bond donors (Lipinski definition) is 4. The fraction of sp³-hybridized carbons (Fsp3) is 0. The number of aromatic amines is 3. The number of carbonyl (C=O) groups is 1. The molecule has 0 bridgehead atoms. The van der Waals surface area contributed by atoms with Crippen LogP contribution in [0.4, 0.5) is 0 Å². The van der Waals surface area contributed by atoms with Gasteiger partial charge in [0, 0.05) is 38.7 Å². The molecule has 4 N–H and O–H groups in total. The van der Waals surface area contributed by atoms with Crippen LogP contribution < -0.4 is 0 Å². The molecule has 0 aliphatic heterocycles. The molecule has 132 valence electrons.